The van der Waals surface area contributed by atoms with E-state index in [2.05, 4.69) is 17.2 Å². The van der Waals surface area contributed by atoms with Crippen molar-refractivity contribution in [3.05, 3.63) is 41.7 Å². The predicted molar refractivity (Wildman–Crippen MR) is 71.1 cm³/mol. The summed E-state index contributed by atoms with van der Waals surface area (Å²) in [4.78, 5) is 0. The van der Waals surface area contributed by atoms with Crippen LogP contribution in [-0.4, -0.2) is 27.5 Å². The smallest absolute Gasteiger partial charge is 0.119 e. The van der Waals surface area contributed by atoms with E-state index in [1.165, 1.54) is 5.56 Å². The van der Waals surface area contributed by atoms with Crippen molar-refractivity contribution in [3.8, 4) is 5.75 Å². The van der Waals surface area contributed by atoms with Crippen molar-refractivity contribution >= 4 is 11.6 Å². The number of halogens is 1. The van der Waals surface area contributed by atoms with Crippen molar-refractivity contribution in [3.63, 3.8) is 0 Å². The Morgan fingerprint density at radius 1 is 1.28 bits per heavy atom. The van der Waals surface area contributed by atoms with E-state index in [0.29, 0.717) is 19.0 Å². The quantitative estimate of drug-likeness (QED) is 0.753. The Balaban J connectivity index is 1.79. The SMILES string of the molecule is Cc1ccc(OCCn2cc(CCCl)nn2)cc1. The zero-order valence-electron chi connectivity index (χ0n) is 10.3. The molecule has 0 amide bonds. The van der Waals surface area contributed by atoms with Crippen LogP contribution in [0.15, 0.2) is 30.5 Å². The number of ether oxygens (including phenoxy) is 1. The molecule has 0 aliphatic carbocycles. The van der Waals surface area contributed by atoms with Crippen molar-refractivity contribution in [2.45, 2.75) is 19.9 Å². The number of hydrogen-bond acceptors (Lipinski definition) is 3. The maximum absolute atomic E-state index is 5.64. The second-order valence-corrected chi connectivity index (χ2v) is 4.45. The van der Waals surface area contributed by atoms with E-state index in [-0.39, 0.29) is 0 Å². The van der Waals surface area contributed by atoms with Gasteiger partial charge in [-0.25, -0.2) is 4.68 Å². The third-order valence-corrected chi connectivity index (χ3v) is 2.74. The molecule has 0 saturated carbocycles. The molecule has 2 rings (SSSR count). The van der Waals surface area contributed by atoms with Crippen LogP contribution in [0.3, 0.4) is 0 Å². The molecule has 1 aromatic carbocycles. The summed E-state index contributed by atoms with van der Waals surface area (Å²) in [5, 5.41) is 8.02. The summed E-state index contributed by atoms with van der Waals surface area (Å²) in [5.41, 5.74) is 2.14. The number of rotatable bonds is 6. The summed E-state index contributed by atoms with van der Waals surface area (Å²) in [5.74, 6) is 1.44. The largest absolute Gasteiger partial charge is 0.492 e. The summed E-state index contributed by atoms with van der Waals surface area (Å²) in [6.07, 6.45) is 2.65. The van der Waals surface area contributed by atoms with Gasteiger partial charge in [0.05, 0.1) is 12.2 Å². The third kappa shape index (κ3) is 3.74. The van der Waals surface area contributed by atoms with Gasteiger partial charge >= 0.3 is 0 Å². The summed E-state index contributed by atoms with van der Waals surface area (Å²) in [6, 6.07) is 8.00. The molecule has 0 spiro atoms. The van der Waals surface area contributed by atoms with E-state index < -0.39 is 0 Å². The Hall–Kier alpha value is -1.55. The summed E-state index contributed by atoms with van der Waals surface area (Å²) in [6.45, 7) is 3.31. The first-order chi connectivity index (χ1) is 8.78. The van der Waals surface area contributed by atoms with E-state index in [1.54, 1.807) is 4.68 Å². The fourth-order valence-corrected chi connectivity index (χ4v) is 1.74. The lowest BCUT2D eigenvalue weighted by Crippen LogP contribution is -2.08. The highest BCUT2D eigenvalue weighted by Gasteiger charge is 2.00. The van der Waals surface area contributed by atoms with Gasteiger partial charge in [0.15, 0.2) is 0 Å². The summed E-state index contributed by atoms with van der Waals surface area (Å²) >= 11 is 5.64. The van der Waals surface area contributed by atoms with Gasteiger partial charge in [0, 0.05) is 18.5 Å². The van der Waals surface area contributed by atoms with Crippen LogP contribution in [0, 0.1) is 6.92 Å². The van der Waals surface area contributed by atoms with E-state index in [0.717, 1.165) is 17.9 Å². The average molecular weight is 266 g/mol. The molecular formula is C13H16ClN3O. The Bertz CT molecular complexity index is 481. The molecule has 1 aromatic heterocycles. The number of hydrogen-bond donors (Lipinski definition) is 0. The first-order valence-electron chi connectivity index (χ1n) is 5.92. The van der Waals surface area contributed by atoms with Gasteiger partial charge in [-0.1, -0.05) is 22.9 Å². The van der Waals surface area contributed by atoms with Gasteiger partial charge in [-0.05, 0) is 19.1 Å². The van der Waals surface area contributed by atoms with E-state index in [9.17, 15) is 0 Å². The molecule has 96 valence electrons. The highest BCUT2D eigenvalue weighted by Crippen LogP contribution is 2.11. The monoisotopic (exact) mass is 265 g/mol. The molecule has 0 unspecified atom stereocenters. The molecule has 2 aromatic rings. The van der Waals surface area contributed by atoms with Crippen molar-refractivity contribution in [1.82, 2.24) is 15.0 Å². The van der Waals surface area contributed by atoms with Gasteiger partial charge in [-0.15, -0.1) is 16.7 Å². The molecule has 4 nitrogen and oxygen atoms in total. The Kier molecular flexibility index (Phi) is 4.59. The second-order valence-electron chi connectivity index (χ2n) is 4.07. The maximum Gasteiger partial charge on any atom is 0.119 e. The molecule has 0 bridgehead atoms. The van der Waals surface area contributed by atoms with Crippen molar-refractivity contribution in [1.29, 1.82) is 0 Å². The highest BCUT2D eigenvalue weighted by molar-refractivity contribution is 6.17. The van der Waals surface area contributed by atoms with Crippen molar-refractivity contribution in [2.75, 3.05) is 12.5 Å². The van der Waals surface area contributed by atoms with Crippen LogP contribution in [0.5, 0.6) is 5.75 Å². The fraction of sp³-hybridized carbons (Fsp3) is 0.385. The molecule has 18 heavy (non-hydrogen) atoms. The lowest BCUT2D eigenvalue weighted by Gasteiger charge is -2.05. The van der Waals surface area contributed by atoms with Crippen LogP contribution in [0.4, 0.5) is 0 Å². The van der Waals surface area contributed by atoms with Gasteiger partial charge in [-0.3, -0.25) is 0 Å². The summed E-state index contributed by atoms with van der Waals surface area (Å²) < 4.78 is 7.39. The minimum Gasteiger partial charge on any atom is -0.492 e. The van der Waals surface area contributed by atoms with Crippen molar-refractivity contribution in [2.24, 2.45) is 0 Å². The Labute approximate surface area is 112 Å². The number of nitrogens with zero attached hydrogens (tertiary/aromatic N) is 3. The number of aryl methyl sites for hydroxylation is 2. The Morgan fingerprint density at radius 2 is 2.06 bits per heavy atom. The van der Waals surface area contributed by atoms with Gasteiger partial charge in [0.2, 0.25) is 0 Å². The predicted octanol–water partition coefficient (Wildman–Crippen LogP) is 2.45. The number of aromatic nitrogens is 3. The fourth-order valence-electron chi connectivity index (χ4n) is 1.55. The first kappa shape index (κ1) is 12.9. The standard InChI is InChI=1S/C13H16ClN3O/c1-11-2-4-13(5-3-11)18-9-8-17-10-12(6-7-14)15-16-17/h2-5,10H,6-9H2,1H3. The lowest BCUT2D eigenvalue weighted by atomic mass is 10.2. The van der Waals surface area contributed by atoms with Crippen LogP contribution >= 0.6 is 11.6 Å². The molecule has 0 N–H and O–H groups in total. The third-order valence-electron chi connectivity index (χ3n) is 2.55. The molecular weight excluding hydrogens is 250 g/mol. The second kappa shape index (κ2) is 6.40. The molecule has 0 aliphatic heterocycles. The van der Waals surface area contributed by atoms with Gasteiger partial charge in [0.25, 0.3) is 0 Å². The van der Waals surface area contributed by atoms with E-state index >= 15 is 0 Å². The molecule has 5 heteroatoms. The minimum atomic E-state index is 0.568. The van der Waals surface area contributed by atoms with Crippen LogP contribution in [0.25, 0.3) is 0 Å². The zero-order valence-corrected chi connectivity index (χ0v) is 11.1. The average Bonchev–Trinajstić information content (AvgIpc) is 2.80. The molecule has 0 aliphatic rings. The van der Waals surface area contributed by atoms with Gasteiger partial charge in [0.1, 0.15) is 12.4 Å². The van der Waals surface area contributed by atoms with Crippen LogP contribution in [0.2, 0.25) is 0 Å². The molecule has 0 atom stereocenters. The van der Waals surface area contributed by atoms with Gasteiger partial charge in [-0.2, -0.15) is 0 Å². The maximum atomic E-state index is 5.64. The van der Waals surface area contributed by atoms with E-state index in [4.69, 9.17) is 16.3 Å². The first-order valence-corrected chi connectivity index (χ1v) is 6.46. The molecule has 0 fully saturated rings. The van der Waals surface area contributed by atoms with Crippen molar-refractivity contribution < 1.29 is 4.74 Å². The topological polar surface area (TPSA) is 39.9 Å². The normalized spacial score (nSPS) is 10.6. The Morgan fingerprint density at radius 3 is 2.78 bits per heavy atom. The molecule has 0 radical (unpaired) electrons. The molecule has 0 saturated heterocycles. The highest BCUT2D eigenvalue weighted by atomic mass is 35.5. The van der Waals surface area contributed by atoms with Crippen LogP contribution in [0.1, 0.15) is 11.3 Å². The van der Waals surface area contributed by atoms with Crippen LogP contribution < -0.4 is 4.74 Å². The lowest BCUT2D eigenvalue weighted by molar-refractivity contribution is 0.289. The minimum absolute atomic E-state index is 0.568. The van der Waals surface area contributed by atoms with Crippen LogP contribution in [-0.2, 0) is 13.0 Å². The number of benzene rings is 1. The van der Waals surface area contributed by atoms with E-state index in [1.807, 2.05) is 30.5 Å². The zero-order chi connectivity index (χ0) is 12.8. The van der Waals surface area contributed by atoms with Gasteiger partial charge < -0.3 is 4.74 Å². The molecule has 1 heterocycles. The summed E-state index contributed by atoms with van der Waals surface area (Å²) in [7, 11) is 0. The number of alkyl halides is 1.